The SMILES string of the molecule is COC(=O)[C@H](Cc1ccc(P(C)(C)=O)cc1)NC(=O)[C@H](N)CCC(N)=O. The van der Waals surface area contributed by atoms with Crippen LogP contribution in [0.15, 0.2) is 24.3 Å². The highest BCUT2D eigenvalue weighted by Gasteiger charge is 2.25. The van der Waals surface area contributed by atoms with Gasteiger partial charge in [-0.3, -0.25) is 9.59 Å². The van der Waals surface area contributed by atoms with Crippen molar-refractivity contribution in [1.82, 2.24) is 5.32 Å². The van der Waals surface area contributed by atoms with Crippen LogP contribution in [0.2, 0.25) is 0 Å². The van der Waals surface area contributed by atoms with Crippen LogP contribution in [0.3, 0.4) is 0 Å². The predicted molar refractivity (Wildman–Crippen MR) is 99.6 cm³/mol. The first-order valence-electron chi connectivity index (χ1n) is 8.11. The van der Waals surface area contributed by atoms with Crippen LogP contribution in [0, 0.1) is 0 Å². The third-order valence-corrected chi connectivity index (χ3v) is 5.38. The van der Waals surface area contributed by atoms with Crippen molar-refractivity contribution < 1.29 is 23.7 Å². The number of carbonyl (C=O) groups is 3. The van der Waals surface area contributed by atoms with Gasteiger partial charge >= 0.3 is 5.97 Å². The third kappa shape index (κ3) is 6.98. The minimum Gasteiger partial charge on any atom is -0.467 e. The lowest BCUT2D eigenvalue weighted by Gasteiger charge is -2.19. The molecular weight excluding hydrogens is 357 g/mol. The molecule has 2 atom stereocenters. The number of ether oxygens (including phenoxy) is 1. The number of nitrogens with one attached hydrogen (secondary N) is 1. The van der Waals surface area contributed by atoms with Crippen LogP contribution in [-0.4, -0.2) is 50.3 Å². The van der Waals surface area contributed by atoms with Gasteiger partial charge in [-0.15, -0.1) is 0 Å². The van der Waals surface area contributed by atoms with Crippen LogP contribution in [0.5, 0.6) is 0 Å². The summed E-state index contributed by atoms with van der Waals surface area (Å²) in [7, 11) is -1.14. The average molecular weight is 383 g/mol. The van der Waals surface area contributed by atoms with E-state index in [1.54, 1.807) is 37.6 Å². The van der Waals surface area contributed by atoms with Crippen molar-refractivity contribution in [2.75, 3.05) is 20.4 Å². The number of hydrogen-bond acceptors (Lipinski definition) is 6. The summed E-state index contributed by atoms with van der Waals surface area (Å²) in [4.78, 5) is 34.9. The van der Waals surface area contributed by atoms with Gasteiger partial charge in [0.1, 0.15) is 13.2 Å². The fourth-order valence-corrected chi connectivity index (χ4v) is 3.14. The molecule has 1 rings (SSSR count). The topological polar surface area (TPSA) is 142 Å². The standard InChI is InChI=1S/C17H26N3O5P/c1-25-17(23)14(20-16(22)13(18)8-9-15(19)21)10-11-4-6-12(7-5-11)26(2,3)24/h4-7,13-14H,8-10,18H2,1-3H3,(H2,19,21)(H,20,22)/t13-,14+/m1/s1. The smallest absolute Gasteiger partial charge is 0.328 e. The molecular formula is C17H26N3O5P. The molecule has 1 aromatic rings. The normalized spacial score (nSPS) is 13.5. The Morgan fingerprint density at radius 1 is 1.19 bits per heavy atom. The van der Waals surface area contributed by atoms with Crippen molar-refractivity contribution in [1.29, 1.82) is 0 Å². The van der Waals surface area contributed by atoms with E-state index in [1.165, 1.54) is 7.11 Å². The van der Waals surface area contributed by atoms with E-state index in [0.29, 0.717) is 0 Å². The minimum absolute atomic E-state index is 0.0208. The molecule has 0 fully saturated rings. The number of nitrogens with two attached hydrogens (primary N) is 2. The minimum atomic E-state index is -2.36. The molecule has 0 aromatic heterocycles. The summed E-state index contributed by atoms with van der Waals surface area (Å²) in [6.45, 7) is 3.35. The first kappa shape index (κ1) is 21.9. The highest BCUT2D eigenvalue weighted by Crippen LogP contribution is 2.34. The lowest BCUT2D eigenvalue weighted by molar-refractivity contribution is -0.145. The van der Waals surface area contributed by atoms with Gasteiger partial charge in [-0.2, -0.15) is 0 Å². The first-order chi connectivity index (χ1) is 12.0. The molecule has 2 amide bonds. The number of primary amides is 1. The molecule has 0 heterocycles. The van der Waals surface area contributed by atoms with Gasteiger partial charge in [-0.25, -0.2) is 4.79 Å². The summed E-state index contributed by atoms with van der Waals surface area (Å²) in [5.41, 5.74) is 11.5. The maximum Gasteiger partial charge on any atom is 0.328 e. The number of amides is 2. The van der Waals surface area contributed by atoms with Crippen LogP contribution >= 0.6 is 7.14 Å². The van der Waals surface area contributed by atoms with Crippen molar-refractivity contribution >= 4 is 30.2 Å². The summed E-state index contributed by atoms with van der Waals surface area (Å²) >= 11 is 0. The Bertz CT molecular complexity index is 699. The molecule has 0 saturated carbocycles. The molecule has 0 saturated heterocycles. The summed E-state index contributed by atoms with van der Waals surface area (Å²) in [6, 6.07) is 5.11. The molecule has 5 N–H and O–H groups in total. The Balaban J connectivity index is 2.81. The molecule has 0 aliphatic rings. The van der Waals surface area contributed by atoms with E-state index in [2.05, 4.69) is 5.32 Å². The lowest BCUT2D eigenvalue weighted by atomic mass is 10.0. The van der Waals surface area contributed by atoms with Crippen LogP contribution < -0.4 is 22.1 Å². The third-order valence-electron chi connectivity index (χ3n) is 3.84. The average Bonchev–Trinajstić information content (AvgIpc) is 2.57. The summed E-state index contributed by atoms with van der Waals surface area (Å²) in [6.07, 6.45) is 0.262. The number of esters is 1. The molecule has 0 radical (unpaired) electrons. The molecule has 1 aromatic carbocycles. The Hall–Kier alpha value is -2.18. The number of carbonyl (C=O) groups excluding carboxylic acids is 3. The van der Waals surface area contributed by atoms with Gasteiger partial charge in [0.15, 0.2) is 0 Å². The van der Waals surface area contributed by atoms with Gasteiger partial charge in [0, 0.05) is 18.1 Å². The molecule has 9 heteroatoms. The zero-order valence-electron chi connectivity index (χ0n) is 15.2. The molecule has 0 aliphatic carbocycles. The van der Waals surface area contributed by atoms with Crippen molar-refractivity contribution in [3.05, 3.63) is 29.8 Å². The predicted octanol–water partition coefficient (Wildman–Crippen LogP) is -0.272. The second-order valence-electron chi connectivity index (χ2n) is 6.42. The highest BCUT2D eigenvalue weighted by atomic mass is 31.2. The molecule has 0 aliphatic heterocycles. The Morgan fingerprint density at radius 3 is 2.23 bits per heavy atom. The zero-order chi connectivity index (χ0) is 19.9. The highest BCUT2D eigenvalue weighted by molar-refractivity contribution is 7.70. The lowest BCUT2D eigenvalue weighted by Crippen LogP contribution is -2.49. The van der Waals surface area contributed by atoms with E-state index in [4.69, 9.17) is 16.2 Å². The van der Waals surface area contributed by atoms with Gasteiger partial charge in [0.05, 0.1) is 13.2 Å². The van der Waals surface area contributed by atoms with E-state index in [-0.39, 0.29) is 19.3 Å². The largest absolute Gasteiger partial charge is 0.467 e. The fraction of sp³-hybridized carbons (Fsp3) is 0.471. The Kier molecular flexibility index (Phi) is 7.99. The van der Waals surface area contributed by atoms with E-state index < -0.39 is 37.0 Å². The van der Waals surface area contributed by atoms with Gasteiger partial charge in [-0.1, -0.05) is 24.3 Å². The van der Waals surface area contributed by atoms with Crippen LogP contribution in [-0.2, 0) is 30.1 Å². The van der Waals surface area contributed by atoms with Crippen molar-refractivity contribution in [3.63, 3.8) is 0 Å². The molecule has 0 spiro atoms. The zero-order valence-corrected chi connectivity index (χ0v) is 16.1. The fourth-order valence-electron chi connectivity index (χ4n) is 2.27. The van der Waals surface area contributed by atoms with Crippen LogP contribution in [0.1, 0.15) is 18.4 Å². The second-order valence-corrected chi connectivity index (χ2v) is 9.64. The van der Waals surface area contributed by atoms with E-state index in [1.807, 2.05) is 0 Å². The number of methoxy groups -OCH3 is 1. The molecule has 0 bridgehead atoms. The van der Waals surface area contributed by atoms with Gasteiger partial charge < -0.3 is 26.1 Å². The van der Waals surface area contributed by atoms with Gasteiger partial charge in [-0.05, 0) is 25.3 Å². The summed E-state index contributed by atoms with van der Waals surface area (Å²) < 4.78 is 16.8. The van der Waals surface area contributed by atoms with E-state index in [0.717, 1.165) is 10.9 Å². The van der Waals surface area contributed by atoms with Crippen molar-refractivity contribution in [3.8, 4) is 0 Å². The molecule has 26 heavy (non-hydrogen) atoms. The van der Waals surface area contributed by atoms with Crippen molar-refractivity contribution in [2.24, 2.45) is 11.5 Å². The summed E-state index contributed by atoms with van der Waals surface area (Å²) in [5.74, 6) is -1.73. The summed E-state index contributed by atoms with van der Waals surface area (Å²) in [5, 5.41) is 3.27. The number of benzene rings is 1. The Morgan fingerprint density at radius 2 is 1.77 bits per heavy atom. The van der Waals surface area contributed by atoms with Gasteiger partial charge in [0.25, 0.3) is 0 Å². The van der Waals surface area contributed by atoms with E-state index >= 15 is 0 Å². The van der Waals surface area contributed by atoms with Crippen molar-refractivity contribution in [2.45, 2.75) is 31.3 Å². The molecule has 8 nitrogen and oxygen atoms in total. The van der Waals surface area contributed by atoms with E-state index in [9.17, 15) is 18.9 Å². The number of rotatable bonds is 9. The second kappa shape index (κ2) is 9.50. The quantitative estimate of drug-likeness (QED) is 0.396. The maximum atomic E-state index is 12.1. The molecule has 0 unspecified atom stereocenters. The Labute approximate surface area is 153 Å². The van der Waals surface area contributed by atoms with Crippen LogP contribution in [0.25, 0.3) is 0 Å². The van der Waals surface area contributed by atoms with Gasteiger partial charge in [0.2, 0.25) is 11.8 Å². The van der Waals surface area contributed by atoms with Crippen LogP contribution in [0.4, 0.5) is 0 Å². The number of hydrogen-bond donors (Lipinski definition) is 3. The maximum absolute atomic E-state index is 12.1. The molecule has 144 valence electrons. The monoisotopic (exact) mass is 383 g/mol. The first-order valence-corrected chi connectivity index (χ1v) is 10.7.